The summed E-state index contributed by atoms with van der Waals surface area (Å²) in [6, 6.07) is 6.24. The van der Waals surface area contributed by atoms with E-state index in [-0.39, 0.29) is 12.5 Å². The van der Waals surface area contributed by atoms with Gasteiger partial charge in [0.2, 0.25) is 5.91 Å². The molecular weight excluding hydrogens is 290 g/mol. The van der Waals surface area contributed by atoms with Crippen molar-refractivity contribution in [3.8, 4) is 0 Å². The molecular formula is C18H29N3O2. The van der Waals surface area contributed by atoms with Crippen LogP contribution in [-0.2, 0) is 4.79 Å². The molecule has 0 atom stereocenters. The fourth-order valence-corrected chi connectivity index (χ4v) is 3.08. The number of amides is 1. The molecule has 1 heterocycles. The van der Waals surface area contributed by atoms with Gasteiger partial charge in [0, 0.05) is 31.0 Å². The molecule has 1 aromatic rings. The van der Waals surface area contributed by atoms with Gasteiger partial charge in [-0.15, -0.1) is 0 Å². The van der Waals surface area contributed by atoms with Gasteiger partial charge in [0.1, 0.15) is 0 Å². The summed E-state index contributed by atoms with van der Waals surface area (Å²) in [4.78, 5) is 16.6. The van der Waals surface area contributed by atoms with Gasteiger partial charge < -0.3 is 15.3 Å². The molecule has 1 aromatic carbocycles. The number of anilines is 2. The zero-order valence-corrected chi connectivity index (χ0v) is 14.3. The van der Waals surface area contributed by atoms with Gasteiger partial charge in [0.25, 0.3) is 0 Å². The van der Waals surface area contributed by atoms with E-state index in [0.29, 0.717) is 13.1 Å². The summed E-state index contributed by atoms with van der Waals surface area (Å²) < 4.78 is 0. The Labute approximate surface area is 139 Å². The van der Waals surface area contributed by atoms with Crippen molar-refractivity contribution in [2.75, 3.05) is 49.5 Å². The molecule has 1 aliphatic rings. The summed E-state index contributed by atoms with van der Waals surface area (Å²) in [5, 5.41) is 12.1. The first-order valence-corrected chi connectivity index (χ1v) is 8.62. The molecule has 0 unspecified atom stereocenters. The Hall–Kier alpha value is -1.59. The topological polar surface area (TPSA) is 55.8 Å². The minimum Gasteiger partial charge on any atom is -0.395 e. The molecule has 128 valence electrons. The molecule has 23 heavy (non-hydrogen) atoms. The van der Waals surface area contributed by atoms with Gasteiger partial charge in [-0.05, 0) is 56.5 Å². The predicted octanol–water partition coefficient (Wildman–Crippen LogP) is 2.24. The average Bonchev–Trinajstić information content (AvgIpc) is 3.04. The smallest absolute Gasteiger partial charge is 0.238 e. The van der Waals surface area contributed by atoms with E-state index < -0.39 is 0 Å². The Balaban J connectivity index is 1.94. The minimum atomic E-state index is -0.0241. The Morgan fingerprint density at radius 1 is 1.30 bits per heavy atom. The number of hydrogen-bond acceptors (Lipinski definition) is 4. The average molecular weight is 319 g/mol. The van der Waals surface area contributed by atoms with Crippen LogP contribution >= 0.6 is 0 Å². The lowest BCUT2D eigenvalue weighted by Gasteiger charge is -2.21. The highest BCUT2D eigenvalue weighted by Crippen LogP contribution is 2.25. The third-order valence-electron chi connectivity index (χ3n) is 4.28. The Kier molecular flexibility index (Phi) is 6.86. The zero-order valence-electron chi connectivity index (χ0n) is 14.3. The summed E-state index contributed by atoms with van der Waals surface area (Å²) in [6.45, 7) is 8.11. The van der Waals surface area contributed by atoms with Crippen molar-refractivity contribution >= 4 is 17.3 Å². The van der Waals surface area contributed by atoms with Gasteiger partial charge in [-0.2, -0.15) is 0 Å². The zero-order chi connectivity index (χ0) is 16.7. The fraction of sp³-hybridized carbons (Fsp3) is 0.611. The minimum absolute atomic E-state index is 0.0241. The molecule has 5 heteroatoms. The summed E-state index contributed by atoms with van der Waals surface area (Å²) in [7, 11) is 0. The van der Waals surface area contributed by atoms with Gasteiger partial charge in [0.05, 0.1) is 13.2 Å². The summed E-state index contributed by atoms with van der Waals surface area (Å²) in [5.41, 5.74) is 3.20. The van der Waals surface area contributed by atoms with Crippen LogP contribution in [0.25, 0.3) is 0 Å². The van der Waals surface area contributed by atoms with E-state index in [1.807, 2.05) is 17.9 Å². The second kappa shape index (κ2) is 8.89. The van der Waals surface area contributed by atoms with Crippen molar-refractivity contribution < 1.29 is 9.90 Å². The van der Waals surface area contributed by atoms with Gasteiger partial charge in [-0.25, -0.2) is 0 Å². The first-order valence-electron chi connectivity index (χ1n) is 8.62. The van der Waals surface area contributed by atoms with Crippen molar-refractivity contribution in [1.29, 1.82) is 0 Å². The molecule has 1 aliphatic heterocycles. The molecule has 1 amide bonds. The summed E-state index contributed by atoms with van der Waals surface area (Å²) in [6.07, 6.45) is 3.49. The van der Waals surface area contributed by atoms with Crippen molar-refractivity contribution in [3.63, 3.8) is 0 Å². The highest BCUT2D eigenvalue weighted by atomic mass is 16.3. The van der Waals surface area contributed by atoms with E-state index in [0.717, 1.165) is 37.3 Å². The number of carbonyl (C=O) groups is 1. The van der Waals surface area contributed by atoms with Crippen LogP contribution in [0, 0.1) is 6.92 Å². The molecule has 0 aromatic heterocycles. The number of rotatable bonds is 8. The molecule has 0 saturated carbocycles. The van der Waals surface area contributed by atoms with Gasteiger partial charge in [-0.3, -0.25) is 9.69 Å². The van der Waals surface area contributed by atoms with Crippen LogP contribution in [0.15, 0.2) is 18.2 Å². The SMILES string of the molecule is CCCN(CCO)CC(=O)Nc1ccc(N2CCCC2)cc1C. The number of aliphatic hydroxyl groups is 1. The maximum absolute atomic E-state index is 12.2. The fourth-order valence-electron chi connectivity index (χ4n) is 3.08. The standard InChI is InChI=1S/C18H29N3O2/c1-3-8-20(11-12-22)14-18(23)19-17-7-6-16(13-15(17)2)21-9-4-5-10-21/h6-7,13,22H,3-5,8-12,14H2,1-2H3,(H,19,23). The number of aryl methyl sites for hydroxylation is 1. The first-order chi connectivity index (χ1) is 11.1. The lowest BCUT2D eigenvalue weighted by molar-refractivity contribution is -0.117. The van der Waals surface area contributed by atoms with E-state index in [9.17, 15) is 4.79 Å². The number of carbonyl (C=O) groups excluding carboxylic acids is 1. The molecule has 0 radical (unpaired) electrons. The van der Waals surface area contributed by atoms with Crippen LogP contribution in [0.4, 0.5) is 11.4 Å². The van der Waals surface area contributed by atoms with Gasteiger partial charge >= 0.3 is 0 Å². The highest BCUT2D eigenvalue weighted by molar-refractivity contribution is 5.93. The molecule has 2 rings (SSSR count). The van der Waals surface area contributed by atoms with Crippen molar-refractivity contribution in [1.82, 2.24) is 4.90 Å². The number of nitrogens with one attached hydrogen (secondary N) is 1. The van der Waals surface area contributed by atoms with Crippen LogP contribution in [0.2, 0.25) is 0 Å². The molecule has 5 nitrogen and oxygen atoms in total. The third-order valence-corrected chi connectivity index (χ3v) is 4.28. The first kappa shape index (κ1) is 17.8. The molecule has 0 bridgehead atoms. The van der Waals surface area contributed by atoms with E-state index in [1.165, 1.54) is 18.5 Å². The van der Waals surface area contributed by atoms with Crippen LogP contribution < -0.4 is 10.2 Å². The van der Waals surface area contributed by atoms with E-state index in [2.05, 4.69) is 29.3 Å². The van der Waals surface area contributed by atoms with Gasteiger partial charge in [-0.1, -0.05) is 6.92 Å². The molecule has 0 aliphatic carbocycles. The Bertz CT molecular complexity index is 507. The molecule has 0 spiro atoms. The maximum Gasteiger partial charge on any atom is 0.238 e. The number of nitrogens with zero attached hydrogens (tertiary/aromatic N) is 2. The quantitative estimate of drug-likeness (QED) is 0.771. The van der Waals surface area contributed by atoms with Crippen LogP contribution in [-0.4, -0.2) is 55.2 Å². The summed E-state index contributed by atoms with van der Waals surface area (Å²) >= 11 is 0. The molecule has 2 N–H and O–H groups in total. The second-order valence-electron chi connectivity index (χ2n) is 6.24. The lowest BCUT2D eigenvalue weighted by Crippen LogP contribution is -2.35. The summed E-state index contributed by atoms with van der Waals surface area (Å²) in [5.74, 6) is -0.0241. The highest BCUT2D eigenvalue weighted by Gasteiger charge is 2.14. The Morgan fingerprint density at radius 3 is 2.65 bits per heavy atom. The number of benzene rings is 1. The monoisotopic (exact) mass is 319 g/mol. The predicted molar refractivity (Wildman–Crippen MR) is 95.1 cm³/mol. The van der Waals surface area contributed by atoms with Crippen molar-refractivity contribution in [3.05, 3.63) is 23.8 Å². The molecule has 1 saturated heterocycles. The van der Waals surface area contributed by atoms with Crippen molar-refractivity contribution in [2.45, 2.75) is 33.1 Å². The lowest BCUT2D eigenvalue weighted by atomic mass is 10.1. The van der Waals surface area contributed by atoms with E-state index in [4.69, 9.17) is 5.11 Å². The number of hydrogen-bond donors (Lipinski definition) is 2. The van der Waals surface area contributed by atoms with Crippen LogP contribution in [0.5, 0.6) is 0 Å². The van der Waals surface area contributed by atoms with E-state index in [1.54, 1.807) is 0 Å². The van der Waals surface area contributed by atoms with Gasteiger partial charge in [0.15, 0.2) is 0 Å². The van der Waals surface area contributed by atoms with Crippen LogP contribution in [0.3, 0.4) is 0 Å². The van der Waals surface area contributed by atoms with E-state index >= 15 is 0 Å². The van der Waals surface area contributed by atoms with Crippen molar-refractivity contribution in [2.24, 2.45) is 0 Å². The Morgan fingerprint density at radius 2 is 2.04 bits per heavy atom. The second-order valence-corrected chi connectivity index (χ2v) is 6.24. The third kappa shape index (κ3) is 5.22. The largest absolute Gasteiger partial charge is 0.395 e. The maximum atomic E-state index is 12.2. The number of aliphatic hydroxyl groups excluding tert-OH is 1. The molecule has 1 fully saturated rings. The normalized spacial score (nSPS) is 14.5. The van der Waals surface area contributed by atoms with Crippen LogP contribution in [0.1, 0.15) is 31.7 Å².